The monoisotopic (exact) mass is 550 g/mol. The van der Waals surface area contributed by atoms with E-state index in [9.17, 15) is 14.0 Å². The van der Waals surface area contributed by atoms with Crippen LogP contribution in [0.3, 0.4) is 0 Å². The third-order valence-corrected chi connectivity index (χ3v) is 6.53. The number of aromatic nitrogens is 3. The normalized spacial score (nSPS) is 17.0. The summed E-state index contributed by atoms with van der Waals surface area (Å²) < 4.78 is 24.6. The van der Waals surface area contributed by atoms with E-state index in [2.05, 4.69) is 25.6 Å². The summed E-state index contributed by atoms with van der Waals surface area (Å²) in [5.74, 6) is 0.0834. The van der Waals surface area contributed by atoms with Gasteiger partial charge in [-0.2, -0.15) is 0 Å². The van der Waals surface area contributed by atoms with Crippen molar-refractivity contribution in [3.05, 3.63) is 66.4 Å². The number of carbonyl (C=O) groups excluding carboxylic acids is 2. The molecule has 10 nitrogen and oxygen atoms in total. The van der Waals surface area contributed by atoms with Gasteiger partial charge in [0.2, 0.25) is 0 Å². The van der Waals surface area contributed by atoms with Gasteiger partial charge in [-0.25, -0.2) is 28.9 Å². The van der Waals surface area contributed by atoms with E-state index in [0.717, 1.165) is 11.1 Å². The van der Waals surface area contributed by atoms with Gasteiger partial charge in [-0.3, -0.25) is 4.90 Å². The van der Waals surface area contributed by atoms with Crippen molar-refractivity contribution in [2.45, 2.75) is 70.7 Å². The van der Waals surface area contributed by atoms with Crippen LogP contribution in [-0.2, 0) is 11.3 Å². The van der Waals surface area contributed by atoms with E-state index in [0.29, 0.717) is 37.1 Å². The number of hydrogen-bond acceptors (Lipinski definition) is 7. The predicted octanol–water partition coefficient (Wildman–Crippen LogP) is 5.24. The van der Waals surface area contributed by atoms with E-state index < -0.39 is 11.7 Å². The van der Waals surface area contributed by atoms with Gasteiger partial charge in [0.1, 0.15) is 17.2 Å². The number of rotatable bonds is 7. The molecule has 0 spiro atoms. The zero-order chi connectivity index (χ0) is 28.7. The number of halogens is 1. The summed E-state index contributed by atoms with van der Waals surface area (Å²) in [5, 5.41) is 5.78. The van der Waals surface area contributed by atoms with E-state index in [1.165, 1.54) is 13.2 Å². The predicted molar refractivity (Wildman–Crippen MR) is 148 cm³/mol. The van der Waals surface area contributed by atoms with Crippen molar-refractivity contribution in [3.63, 3.8) is 0 Å². The number of nitrogens with zero attached hydrogens (tertiary/aromatic N) is 4. The van der Waals surface area contributed by atoms with Gasteiger partial charge in [-0.1, -0.05) is 18.2 Å². The molecule has 3 amide bonds. The number of alkyl carbamates (subject to hydrolysis) is 1. The van der Waals surface area contributed by atoms with Gasteiger partial charge in [0.05, 0.1) is 7.11 Å². The van der Waals surface area contributed by atoms with Crippen LogP contribution in [0, 0.1) is 5.82 Å². The van der Waals surface area contributed by atoms with Crippen molar-refractivity contribution in [3.8, 4) is 17.1 Å². The molecule has 0 atom stereocenters. The van der Waals surface area contributed by atoms with Crippen molar-refractivity contribution in [2.75, 3.05) is 12.0 Å². The summed E-state index contributed by atoms with van der Waals surface area (Å²) in [6.45, 7) is 5.50. The van der Waals surface area contributed by atoms with Crippen LogP contribution in [0.5, 0.6) is 6.01 Å². The van der Waals surface area contributed by atoms with Crippen molar-refractivity contribution in [1.82, 2.24) is 25.6 Å². The van der Waals surface area contributed by atoms with Crippen LogP contribution in [-0.4, -0.2) is 51.9 Å². The second-order valence-corrected chi connectivity index (χ2v) is 10.6. The zero-order valence-electron chi connectivity index (χ0n) is 23.2. The number of nitrogens with one attached hydrogen (secondary N) is 2. The molecule has 0 saturated heterocycles. The summed E-state index contributed by atoms with van der Waals surface area (Å²) in [7, 11) is 1.50. The Balaban J connectivity index is 1.49. The van der Waals surface area contributed by atoms with Gasteiger partial charge < -0.3 is 20.1 Å². The molecule has 0 unspecified atom stereocenters. The molecular formula is C29H35FN6O4. The highest BCUT2D eigenvalue weighted by molar-refractivity contribution is 5.91. The SMILES string of the molecule is COc1ncc(-c2ccc(N(C(=O)NCc3ccccc3F)C3CCC(NC(=O)OC(C)(C)C)CC3)nc2)cn1. The Hall–Kier alpha value is -4.28. The molecule has 0 aliphatic heterocycles. The highest BCUT2D eigenvalue weighted by Gasteiger charge is 2.32. The maximum atomic E-state index is 14.2. The van der Waals surface area contributed by atoms with Crippen LogP contribution in [0.4, 0.5) is 19.8 Å². The van der Waals surface area contributed by atoms with Crippen LogP contribution in [0.25, 0.3) is 11.1 Å². The fourth-order valence-electron chi connectivity index (χ4n) is 4.58. The van der Waals surface area contributed by atoms with Gasteiger partial charge in [0.15, 0.2) is 0 Å². The number of pyridine rings is 1. The van der Waals surface area contributed by atoms with E-state index in [-0.39, 0.29) is 36.5 Å². The smallest absolute Gasteiger partial charge is 0.407 e. The Bertz CT molecular complexity index is 1290. The fraction of sp³-hybridized carbons (Fsp3) is 0.414. The van der Waals surface area contributed by atoms with Gasteiger partial charge in [0.25, 0.3) is 0 Å². The lowest BCUT2D eigenvalue weighted by Crippen LogP contribution is -2.50. The highest BCUT2D eigenvalue weighted by Crippen LogP contribution is 2.29. The lowest BCUT2D eigenvalue weighted by Gasteiger charge is -2.36. The second kappa shape index (κ2) is 12.7. The molecular weight excluding hydrogens is 515 g/mol. The van der Waals surface area contributed by atoms with Crippen molar-refractivity contribution in [2.24, 2.45) is 0 Å². The van der Waals surface area contributed by atoms with Gasteiger partial charge >= 0.3 is 18.1 Å². The third-order valence-electron chi connectivity index (χ3n) is 6.53. The topological polar surface area (TPSA) is 119 Å². The average molecular weight is 551 g/mol. The van der Waals surface area contributed by atoms with Gasteiger partial charge in [0, 0.05) is 53.9 Å². The van der Waals surface area contributed by atoms with Crippen LogP contribution < -0.4 is 20.3 Å². The molecule has 1 fully saturated rings. The number of hydrogen-bond donors (Lipinski definition) is 2. The number of benzene rings is 1. The minimum absolute atomic E-state index is 0.0405. The van der Waals surface area contributed by atoms with Crippen LogP contribution in [0.15, 0.2) is 55.0 Å². The van der Waals surface area contributed by atoms with E-state index in [1.807, 2.05) is 26.8 Å². The first-order chi connectivity index (χ1) is 19.1. The number of ether oxygens (including phenoxy) is 2. The van der Waals surface area contributed by atoms with E-state index in [4.69, 9.17) is 9.47 Å². The molecule has 3 aromatic rings. The molecule has 1 aliphatic rings. The minimum atomic E-state index is -0.579. The van der Waals surface area contributed by atoms with Crippen molar-refractivity contribution >= 4 is 17.9 Å². The number of carbonyl (C=O) groups is 2. The van der Waals surface area contributed by atoms with Crippen LogP contribution in [0.2, 0.25) is 0 Å². The Kier molecular flexibility index (Phi) is 9.13. The first kappa shape index (κ1) is 28.7. The van der Waals surface area contributed by atoms with Crippen molar-refractivity contribution < 1.29 is 23.5 Å². The molecule has 2 aromatic heterocycles. The third kappa shape index (κ3) is 7.64. The maximum absolute atomic E-state index is 14.2. The van der Waals surface area contributed by atoms with E-state index in [1.54, 1.807) is 47.8 Å². The van der Waals surface area contributed by atoms with Crippen LogP contribution >= 0.6 is 0 Å². The number of amides is 3. The number of anilines is 1. The van der Waals surface area contributed by atoms with E-state index >= 15 is 0 Å². The Morgan fingerprint density at radius 2 is 1.65 bits per heavy atom. The fourth-order valence-corrected chi connectivity index (χ4v) is 4.58. The molecule has 1 saturated carbocycles. The van der Waals surface area contributed by atoms with Gasteiger partial charge in [-0.05, 0) is 64.7 Å². The number of methoxy groups -OCH3 is 1. The molecule has 2 N–H and O–H groups in total. The molecule has 0 bridgehead atoms. The zero-order valence-corrected chi connectivity index (χ0v) is 23.2. The molecule has 4 rings (SSSR count). The quantitative estimate of drug-likeness (QED) is 0.413. The standard InChI is InChI=1S/C29H35FN6O4/c1-29(2,3)40-28(38)35-22-10-12-23(13-11-22)36(27(37)34-16-20-7-5-6-8-24(20)30)25-14-9-19(15-31-25)21-17-32-26(39-4)33-18-21/h5-9,14-15,17-18,22-23H,10-13,16H2,1-4H3,(H,34,37)(H,35,38). The van der Waals surface area contributed by atoms with Gasteiger partial charge in [-0.15, -0.1) is 0 Å². The maximum Gasteiger partial charge on any atom is 0.407 e. The lowest BCUT2D eigenvalue weighted by atomic mass is 9.90. The summed E-state index contributed by atoms with van der Waals surface area (Å²) >= 11 is 0. The number of urea groups is 1. The molecule has 0 radical (unpaired) electrons. The molecule has 1 aromatic carbocycles. The minimum Gasteiger partial charge on any atom is -0.467 e. The summed E-state index contributed by atoms with van der Waals surface area (Å²) in [6, 6.07) is 9.62. The Morgan fingerprint density at radius 1 is 0.975 bits per heavy atom. The van der Waals surface area contributed by atoms with Crippen LogP contribution in [0.1, 0.15) is 52.0 Å². The average Bonchev–Trinajstić information content (AvgIpc) is 2.93. The second-order valence-electron chi connectivity index (χ2n) is 10.6. The molecule has 1 aliphatic carbocycles. The summed E-state index contributed by atoms with van der Waals surface area (Å²) in [6.07, 6.45) is 7.11. The summed E-state index contributed by atoms with van der Waals surface area (Å²) in [5.41, 5.74) is 1.35. The Morgan fingerprint density at radius 3 is 2.25 bits per heavy atom. The Labute approximate surface area is 233 Å². The molecule has 212 valence electrons. The molecule has 2 heterocycles. The summed E-state index contributed by atoms with van der Waals surface area (Å²) in [4.78, 5) is 40.2. The highest BCUT2D eigenvalue weighted by atomic mass is 19.1. The molecule has 11 heteroatoms. The largest absolute Gasteiger partial charge is 0.467 e. The van der Waals surface area contributed by atoms with Crippen molar-refractivity contribution in [1.29, 1.82) is 0 Å². The lowest BCUT2D eigenvalue weighted by molar-refractivity contribution is 0.0491. The first-order valence-electron chi connectivity index (χ1n) is 13.3. The first-order valence-corrected chi connectivity index (χ1v) is 13.3. The molecule has 40 heavy (non-hydrogen) atoms.